The van der Waals surface area contributed by atoms with Gasteiger partial charge in [0.05, 0.1) is 0 Å². The highest BCUT2D eigenvalue weighted by Gasteiger charge is 2.18. The van der Waals surface area contributed by atoms with E-state index in [1.54, 1.807) is 0 Å². The monoisotopic (exact) mass is 248 g/mol. The molecule has 3 aromatic carbocycles. The van der Waals surface area contributed by atoms with Crippen LogP contribution in [0, 0.1) is 0 Å². The van der Waals surface area contributed by atoms with Crippen LogP contribution in [0.2, 0.25) is 0 Å². The topological polar surface area (TPSA) is 18.5 Å². The predicted molar refractivity (Wildman–Crippen MR) is 75.5 cm³/mol. The molecule has 0 N–H and O–H groups in total. The average molecular weight is 248 g/mol. The minimum Gasteiger partial charge on any atom is -0.454 e. The molecule has 0 atom stereocenters. The Labute approximate surface area is 111 Å². The Morgan fingerprint density at radius 2 is 1.63 bits per heavy atom. The van der Waals surface area contributed by atoms with E-state index >= 15 is 0 Å². The summed E-state index contributed by atoms with van der Waals surface area (Å²) in [5.41, 5.74) is 2.24. The van der Waals surface area contributed by atoms with Gasteiger partial charge in [0.15, 0.2) is 11.5 Å². The van der Waals surface area contributed by atoms with E-state index in [1.165, 1.54) is 10.8 Å². The molecule has 0 radical (unpaired) electrons. The molecule has 0 aromatic heterocycles. The van der Waals surface area contributed by atoms with Gasteiger partial charge >= 0.3 is 0 Å². The highest BCUT2D eigenvalue weighted by Crippen LogP contribution is 2.41. The summed E-state index contributed by atoms with van der Waals surface area (Å²) in [6, 6.07) is 20.8. The van der Waals surface area contributed by atoms with E-state index in [1.807, 2.05) is 12.1 Å². The molecule has 2 heteroatoms. The lowest BCUT2D eigenvalue weighted by Gasteiger charge is -2.07. The molecule has 1 aliphatic rings. The van der Waals surface area contributed by atoms with Crippen LogP contribution in [0.4, 0.5) is 0 Å². The summed E-state index contributed by atoms with van der Waals surface area (Å²) in [4.78, 5) is 0. The summed E-state index contributed by atoms with van der Waals surface area (Å²) in [5, 5.41) is 2.48. The average Bonchev–Trinajstić information content (AvgIpc) is 2.95. The molecule has 0 spiro atoms. The molecule has 2 nitrogen and oxygen atoms in total. The first-order chi connectivity index (χ1) is 9.42. The van der Waals surface area contributed by atoms with Gasteiger partial charge < -0.3 is 9.47 Å². The van der Waals surface area contributed by atoms with E-state index < -0.39 is 0 Å². The van der Waals surface area contributed by atoms with E-state index in [9.17, 15) is 0 Å². The normalized spacial score (nSPS) is 12.8. The van der Waals surface area contributed by atoms with Crippen molar-refractivity contribution in [1.82, 2.24) is 0 Å². The largest absolute Gasteiger partial charge is 0.454 e. The van der Waals surface area contributed by atoms with Gasteiger partial charge in [-0.25, -0.2) is 0 Å². The second-order valence-electron chi connectivity index (χ2n) is 4.60. The van der Waals surface area contributed by atoms with Gasteiger partial charge in [0.25, 0.3) is 0 Å². The van der Waals surface area contributed by atoms with Gasteiger partial charge in [0.1, 0.15) is 0 Å². The van der Waals surface area contributed by atoms with Crippen LogP contribution in [0.5, 0.6) is 11.5 Å². The number of para-hydroxylation sites is 1. The first-order valence-corrected chi connectivity index (χ1v) is 6.29. The zero-order valence-corrected chi connectivity index (χ0v) is 10.3. The van der Waals surface area contributed by atoms with Gasteiger partial charge in [0.2, 0.25) is 6.79 Å². The Bertz CT molecular complexity index is 762. The second kappa shape index (κ2) is 4.02. The van der Waals surface area contributed by atoms with Crippen molar-refractivity contribution in [3.05, 3.63) is 60.7 Å². The maximum Gasteiger partial charge on any atom is 0.231 e. The van der Waals surface area contributed by atoms with Gasteiger partial charge in [-0.05, 0) is 28.5 Å². The summed E-state index contributed by atoms with van der Waals surface area (Å²) in [5.74, 6) is 1.67. The molecule has 0 aliphatic carbocycles. The highest BCUT2D eigenvalue weighted by molar-refractivity contribution is 5.88. The molecule has 19 heavy (non-hydrogen) atoms. The predicted octanol–water partition coefficient (Wildman–Crippen LogP) is 4.24. The number of hydrogen-bond acceptors (Lipinski definition) is 2. The van der Waals surface area contributed by atoms with E-state index in [4.69, 9.17) is 9.47 Å². The Balaban J connectivity index is 1.93. The van der Waals surface area contributed by atoms with Gasteiger partial charge in [-0.3, -0.25) is 0 Å². The molecular weight excluding hydrogens is 236 g/mol. The molecule has 3 aromatic rings. The van der Waals surface area contributed by atoms with E-state index in [0.29, 0.717) is 6.79 Å². The van der Waals surface area contributed by atoms with E-state index in [0.717, 1.165) is 22.6 Å². The van der Waals surface area contributed by atoms with Gasteiger partial charge in [0, 0.05) is 5.56 Å². The molecule has 0 saturated heterocycles. The fraction of sp³-hybridized carbons (Fsp3) is 0.0588. The first-order valence-electron chi connectivity index (χ1n) is 6.29. The zero-order chi connectivity index (χ0) is 12.7. The van der Waals surface area contributed by atoms with Crippen molar-refractivity contribution in [2.75, 3.05) is 6.79 Å². The van der Waals surface area contributed by atoms with Gasteiger partial charge in [-0.1, -0.05) is 48.5 Å². The minimum atomic E-state index is 0.305. The number of fused-ring (bicyclic) bond motifs is 2. The third kappa shape index (κ3) is 1.65. The van der Waals surface area contributed by atoms with Crippen molar-refractivity contribution in [2.45, 2.75) is 0 Å². The second-order valence-corrected chi connectivity index (χ2v) is 4.60. The first kappa shape index (κ1) is 10.4. The summed E-state index contributed by atoms with van der Waals surface area (Å²) in [7, 11) is 0. The van der Waals surface area contributed by atoms with Crippen LogP contribution in [0.1, 0.15) is 0 Å². The third-order valence-corrected chi connectivity index (χ3v) is 3.46. The van der Waals surface area contributed by atoms with Crippen molar-refractivity contribution in [2.24, 2.45) is 0 Å². The summed E-state index contributed by atoms with van der Waals surface area (Å²) in [6.45, 7) is 0.305. The van der Waals surface area contributed by atoms with Crippen LogP contribution in [0.3, 0.4) is 0 Å². The number of ether oxygens (including phenoxy) is 2. The van der Waals surface area contributed by atoms with Gasteiger partial charge in [-0.15, -0.1) is 0 Å². The lowest BCUT2D eigenvalue weighted by molar-refractivity contribution is 0.174. The number of rotatable bonds is 1. The lowest BCUT2D eigenvalue weighted by Crippen LogP contribution is -1.93. The summed E-state index contributed by atoms with van der Waals surface area (Å²) < 4.78 is 11.0. The zero-order valence-electron chi connectivity index (χ0n) is 10.3. The number of hydrogen-bond donors (Lipinski definition) is 0. The number of benzene rings is 3. The van der Waals surface area contributed by atoms with Crippen molar-refractivity contribution in [1.29, 1.82) is 0 Å². The van der Waals surface area contributed by atoms with E-state index in [2.05, 4.69) is 48.5 Å². The Morgan fingerprint density at radius 1 is 0.737 bits per heavy atom. The highest BCUT2D eigenvalue weighted by atomic mass is 16.7. The summed E-state index contributed by atoms with van der Waals surface area (Å²) in [6.07, 6.45) is 0. The molecule has 0 unspecified atom stereocenters. The fourth-order valence-corrected chi connectivity index (χ4v) is 2.51. The standard InChI is InChI=1S/C17H12O2/c1-2-5-13-10-14(9-8-12(13)4-1)15-6-3-7-16-17(15)19-11-18-16/h1-10H,11H2. The van der Waals surface area contributed by atoms with Crippen molar-refractivity contribution in [3.63, 3.8) is 0 Å². The molecule has 0 amide bonds. The van der Waals surface area contributed by atoms with Crippen molar-refractivity contribution >= 4 is 10.8 Å². The lowest BCUT2D eigenvalue weighted by atomic mass is 10.0. The van der Waals surface area contributed by atoms with Crippen LogP contribution in [-0.2, 0) is 0 Å². The van der Waals surface area contributed by atoms with Crippen molar-refractivity contribution < 1.29 is 9.47 Å². The molecule has 1 aliphatic heterocycles. The summed E-state index contributed by atoms with van der Waals surface area (Å²) >= 11 is 0. The smallest absolute Gasteiger partial charge is 0.231 e. The molecule has 0 saturated carbocycles. The van der Waals surface area contributed by atoms with Crippen LogP contribution >= 0.6 is 0 Å². The maximum absolute atomic E-state index is 5.57. The molecule has 0 bridgehead atoms. The molecule has 1 heterocycles. The maximum atomic E-state index is 5.57. The fourth-order valence-electron chi connectivity index (χ4n) is 2.51. The third-order valence-electron chi connectivity index (χ3n) is 3.46. The van der Waals surface area contributed by atoms with Gasteiger partial charge in [-0.2, -0.15) is 0 Å². The van der Waals surface area contributed by atoms with Crippen molar-refractivity contribution in [3.8, 4) is 22.6 Å². The molecule has 0 fully saturated rings. The van der Waals surface area contributed by atoms with Crippen LogP contribution in [0.25, 0.3) is 21.9 Å². The Kier molecular flexibility index (Phi) is 2.21. The van der Waals surface area contributed by atoms with Crippen LogP contribution in [-0.4, -0.2) is 6.79 Å². The Hall–Kier alpha value is -2.48. The molecule has 92 valence electrons. The van der Waals surface area contributed by atoms with Crippen LogP contribution in [0.15, 0.2) is 60.7 Å². The Morgan fingerprint density at radius 3 is 2.58 bits per heavy atom. The van der Waals surface area contributed by atoms with E-state index in [-0.39, 0.29) is 0 Å². The molecular formula is C17H12O2. The minimum absolute atomic E-state index is 0.305. The quantitative estimate of drug-likeness (QED) is 0.641. The SMILES string of the molecule is c1cc2c(c(-c3ccc4ccccc4c3)c1)OCO2. The molecule has 4 rings (SSSR count). The van der Waals surface area contributed by atoms with Crippen LogP contribution < -0.4 is 9.47 Å².